The van der Waals surface area contributed by atoms with Gasteiger partial charge in [-0.05, 0) is 57.8 Å². The summed E-state index contributed by atoms with van der Waals surface area (Å²) in [7, 11) is 5.98. The molecule has 0 aliphatic carbocycles. The molecular weight excluding hydrogens is 1050 g/mol. The number of aliphatic carboxylic acids is 1. The summed E-state index contributed by atoms with van der Waals surface area (Å²) in [6, 6.07) is 0. The Labute approximate surface area is 526 Å². The number of hydrogen-bond donors (Lipinski definition) is 1. The van der Waals surface area contributed by atoms with Crippen molar-refractivity contribution in [3.63, 3.8) is 0 Å². The molecule has 0 aromatic rings. The molecule has 2 unspecified atom stereocenters. The Hall–Kier alpha value is -3.01. The van der Waals surface area contributed by atoms with Crippen LogP contribution in [0.3, 0.4) is 0 Å². The molecule has 0 saturated carbocycles. The minimum absolute atomic E-state index is 0.181. The number of hydrogen-bond acceptors (Lipinski definition) is 7. The van der Waals surface area contributed by atoms with Crippen LogP contribution in [0.2, 0.25) is 0 Å². The third-order valence-corrected chi connectivity index (χ3v) is 16.3. The normalized spacial score (nSPS) is 13.0. The molecule has 0 aliphatic heterocycles. The highest BCUT2D eigenvalue weighted by atomic mass is 16.7. The van der Waals surface area contributed by atoms with Gasteiger partial charge in [-0.25, -0.2) is 4.79 Å². The number of allylic oxidation sites excluding steroid dienone is 10. The van der Waals surface area contributed by atoms with Crippen molar-refractivity contribution in [1.29, 1.82) is 0 Å². The van der Waals surface area contributed by atoms with Crippen LogP contribution < -0.4 is 0 Å². The predicted octanol–water partition coefficient (Wildman–Crippen LogP) is 22.7. The average molecular weight is 1200 g/mol. The third-order valence-electron chi connectivity index (χ3n) is 16.3. The number of carboxylic acids is 1. The number of rotatable bonds is 68. The van der Waals surface area contributed by atoms with Gasteiger partial charge >= 0.3 is 17.9 Å². The molecule has 0 bridgehead atoms. The lowest BCUT2D eigenvalue weighted by Crippen LogP contribution is -2.40. The fraction of sp³-hybridized carbons (Fsp3) is 0.829. The van der Waals surface area contributed by atoms with Gasteiger partial charge in [0.1, 0.15) is 13.2 Å². The van der Waals surface area contributed by atoms with E-state index >= 15 is 0 Å². The number of quaternary nitrogens is 1. The molecule has 9 nitrogen and oxygen atoms in total. The second-order valence-electron chi connectivity index (χ2n) is 25.9. The van der Waals surface area contributed by atoms with Crippen LogP contribution in [0.5, 0.6) is 0 Å². The van der Waals surface area contributed by atoms with Gasteiger partial charge in [0.05, 0.1) is 34.4 Å². The molecule has 1 N–H and O–H groups in total. The highest BCUT2D eigenvalue weighted by Crippen LogP contribution is 2.19. The zero-order chi connectivity index (χ0) is 61.9. The van der Waals surface area contributed by atoms with Crippen LogP contribution in [0.15, 0.2) is 60.8 Å². The molecule has 0 rings (SSSR count). The van der Waals surface area contributed by atoms with Crippen molar-refractivity contribution in [3.8, 4) is 0 Å². The molecule has 496 valence electrons. The van der Waals surface area contributed by atoms with Crippen molar-refractivity contribution >= 4 is 17.9 Å². The van der Waals surface area contributed by atoms with E-state index in [0.29, 0.717) is 17.4 Å². The van der Waals surface area contributed by atoms with Gasteiger partial charge in [0.25, 0.3) is 6.29 Å². The number of carbonyl (C=O) groups excluding carboxylic acids is 2. The Morgan fingerprint density at radius 2 is 0.671 bits per heavy atom. The third kappa shape index (κ3) is 68.3. The summed E-state index contributed by atoms with van der Waals surface area (Å²) in [4.78, 5) is 37.6. The van der Waals surface area contributed by atoms with Crippen molar-refractivity contribution in [2.45, 2.75) is 360 Å². The Morgan fingerprint density at radius 1 is 0.365 bits per heavy atom. The number of unbranched alkanes of at least 4 members (excludes halogenated alkanes) is 43. The molecule has 0 fully saturated rings. The second-order valence-corrected chi connectivity index (χ2v) is 25.9. The van der Waals surface area contributed by atoms with E-state index in [2.05, 4.69) is 74.6 Å². The Kier molecular flexibility index (Phi) is 64.6. The van der Waals surface area contributed by atoms with Crippen molar-refractivity contribution in [2.24, 2.45) is 0 Å². The Bertz CT molecular complexity index is 1580. The van der Waals surface area contributed by atoms with E-state index in [4.69, 9.17) is 18.9 Å². The van der Waals surface area contributed by atoms with E-state index in [1.54, 1.807) is 0 Å². The van der Waals surface area contributed by atoms with Gasteiger partial charge in [-0.1, -0.05) is 338 Å². The monoisotopic (exact) mass is 1200 g/mol. The van der Waals surface area contributed by atoms with E-state index in [1.165, 1.54) is 244 Å². The second kappa shape index (κ2) is 66.9. The number of esters is 2. The first kappa shape index (κ1) is 82.0. The molecular formula is C76H140NO8+. The molecule has 85 heavy (non-hydrogen) atoms. The van der Waals surface area contributed by atoms with Crippen LogP contribution in [0.4, 0.5) is 0 Å². The van der Waals surface area contributed by atoms with E-state index in [0.717, 1.165) is 77.0 Å². The number of nitrogens with zero attached hydrogens (tertiary/aromatic N) is 1. The molecule has 0 radical (unpaired) electrons. The first-order chi connectivity index (χ1) is 41.6. The van der Waals surface area contributed by atoms with E-state index < -0.39 is 24.3 Å². The SMILES string of the molecule is CC/C=C\C/C=C\C/C=C\C/C=C\C/C=C\CCCCCCCCCCCCCC(=O)OC(COC(=O)CCCCCCCCCCCCCCCCCCCCCCCCCCCCCCCCCCC)COC(OCC[N+](C)(C)C)C(=O)O. The van der Waals surface area contributed by atoms with Crippen LogP contribution >= 0.6 is 0 Å². The van der Waals surface area contributed by atoms with Gasteiger partial charge in [-0.15, -0.1) is 0 Å². The van der Waals surface area contributed by atoms with Crippen LogP contribution in [0.1, 0.15) is 348 Å². The molecule has 0 heterocycles. The number of likely N-dealkylation sites (N-methyl/N-ethyl adjacent to an activating group) is 1. The summed E-state index contributed by atoms with van der Waals surface area (Å²) in [5.41, 5.74) is 0. The first-order valence-electron chi connectivity index (χ1n) is 36.5. The van der Waals surface area contributed by atoms with E-state index in [9.17, 15) is 19.5 Å². The zero-order valence-electron chi connectivity index (χ0n) is 56.8. The number of ether oxygens (including phenoxy) is 4. The maximum absolute atomic E-state index is 12.9. The van der Waals surface area contributed by atoms with Crippen molar-refractivity contribution in [3.05, 3.63) is 60.8 Å². The smallest absolute Gasteiger partial charge is 0.361 e. The zero-order valence-corrected chi connectivity index (χ0v) is 56.8. The summed E-state index contributed by atoms with van der Waals surface area (Å²) < 4.78 is 23.0. The predicted molar refractivity (Wildman–Crippen MR) is 364 cm³/mol. The minimum Gasteiger partial charge on any atom is -0.477 e. The van der Waals surface area contributed by atoms with Gasteiger partial charge in [0.15, 0.2) is 6.10 Å². The topological polar surface area (TPSA) is 108 Å². The standard InChI is InChI=1S/C76H139NO8/c1-6-8-10-12-14-16-18-20-22-24-26-28-30-32-34-35-36-37-38-39-41-42-44-46-48-50-52-54-56-58-60-62-64-66-73(78)83-70-72(71-84-76(75(80)81)82-69-68-77(3,4)5)85-74(79)67-65-63-61-59-57-55-53-51-49-47-45-43-40-33-31-29-27-25-23-21-19-17-15-13-11-9-7-2/h9,11,15,17,21,23,27,29,33,40,72,76H,6-8,10,12-14,16,18-20,22,24-26,28,30-32,34-39,41-71H2,1-5H3/p+1/b11-9-,17-15-,23-21-,29-27-,40-33-. The number of carboxylic acid groups (broad SMARTS) is 1. The fourth-order valence-corrected chi connectivity index (χ4v) is 10.8. The summed E-state index contributed by atoms with van der Waals surface area (Å²) in [5, 5.41) is 9.75. The van der Waals surface area contributed by atoms with E-state index in [-0.39, 0.29) is 32.2 Å². The van der Waals surface area contributed by atoms with Crippen LogP contribution in [-0.2, 0) is 33.3 Å². The van der Waals surface area contributed by atoms with Gasteiger partial charge < -0.3 is 28.5 Å². The van der Waals surface area contributed by atoms with Crippen molar-refractivity contribution in [1.82, 2.24) is 0 Å². The van der Waals surface area contributed by atoms with E-state index in [1.807, 2.05) is 21.1 Å². The van der Waals surface area contributed by atoms with Crippen LogP contribution in [-0.4, -0.2) is 87.4 Å². The molecule has 0 saturated heterocycles. The summed E-state index contributed by atoms with van der Waals surface area (Å²) in [5.74, 6) is -1.99. The molecule has 0 aromatic heterocycles. The first-order valence-corrected chi connectivity index (χ1v) is 36.5. The Morgan fingerprint density at radius 3 is 1.00 bits per heavy atom. The van der Waals surface area contributed by atoms with Crippen molar-refractivity contribution in [2.75, 3.05) is 47.5 Å². The van der Waals surface area contributed by atoms with Gasteiger partial charge in [0, 0.05) is 12.8 Å². The maximum Gasteiger partial charge on any atom is 0.361 e. The van der Waals surface area contributed by atoms with Gasteiger partial charge in [-0.3, -0.25) is 9.59 Å². The molecule has 0 amide bonds. The fourth-order valence-electron chi connectivity index (χ4n) is 10.8. The lowest BCUT2D eigenvalue weighted by atomic mass is 10.0. The maximum atomic E-state index is 12.9. The highest BCUT2D eigenvalue weighted by Gasteiger charge is 2.25. The lowest BCUT2D eigenvalue weighted by molar-refractivity contribution is -0.870. The number of carbonyl (C=O) groups is 3. The summed E-state index contributed by atoms with van der Waals surface area (Å²) in [6.07, 6.45) is 84.9. The van der Waals surface area contributed by atoms with Gasteiger partial charge in [-0.2, -0.15) is 0 Å². The summed E-state index contributed by atoms with van der Waals surface area (Å²) >= 11 is 0. The van der Waals surface area contributed by atoms with Crippen molar-refractivity contribution < 1.29 is 42.9 Å². The molecule has 0 aromatic carbocycles. The summed E-state index contributed by atoms with van der Waals surface area (Å²) in [6.45, 7) is 4.82. The molecule has 0 spiro atoms. The molecule has 2 atom stereocenters. The molecule has 0 aliphatic rings. The molecule has 9 heteroatoms. The highest BCUT2D eigenvalue weighted by molar-refractivity contribution is 5.71. The lowest BCUT2D eigenvalue weighted by Gasteiger charge is -2.25. The minimum atomic E-state index is -1.51. The largest absolute Gasteiger partial charge is 0.477 e. The van der Waals surface area contributed by atoms with Crippen LogP contribution in [0, 0.1) is 0 Å². The van der Waals surface area contributed by atoms with Crippen LogP contribution in [0.25, 0.3) is 0 Å². The van der Waals surface area contributed by atoms with Gasteiger partial charge in [0.2, 0.25) is 0 Å². The Balaban J connectivity index is 4.05. The quantitative estimate of drug-likeness (QED) is 0.0211. The average Bonchev–Trinajstić information content (AvgIpc) is 3.48.